The molecule has 0 unspecified atom stereocenters. The highest BCUT2D eigenvalue weighted by Gasteiger charge is 2.24. The van der Waals surface area contributed by atoms with E-state index in [1.807, 2.05) is 4.90 Å². The lowest BCUT2D eigenvalue weighted by molar-refractivity contribution is 0.577. The van der Waals surface area contributed by atoms with Gasteiger partial charge < -0.3 is 9.80 Å². The number of halogens is 2. The van der Waals surface area contributed by atoms with Gasteiger partial charge in [0.25, 0.3) is 0 Å². The van der Waals surface area contributed by atoms with E-state index in [2.05, 4.69) is 14.9 Å². The summed E-state index contributed by atoms with van der Waals surface area (Å²) in [4.78, 5) is 13.1. The number of nitrogens with zero attached hydrogens (tertiary/aromatic N) is 4. The number of hydrogen-bond acceptors (Lipinski definition) is 4. The van der Waals surface area contributed by atoms with Gasteiger partial charge in [-0.1, -0.05) is 0 Å². The Morgan fingerprint density at radius 1 is 0.875 bits per heavy atom. The zero-order valence-corrected chi connectivity index (χ0v) is 13.5. The average Bonchev–Trinajstić information content (AvgIpc) is 2.63. The quantitative estimate of drug-likeness (QED) is 0.847. The molecule has 0 atom stereocenters. The highest BCUT2D eigenvalue weighted by atomic mass is 19.1. The van der Waals surface area contributed by atoms with Crippen LogP contribution in [0.2, 0.25) is 0 Å². The third-order valence-corrected chi connectivity index (χ3v) is 4.93. The maximum Gasteiger partial charge on any atom is 0.146 e. The van der Waals surface area contributed by atoms with Crippen LogP contribution >= 0.6 is 0 Å². The third kappa shape index (κ3) is 2.81. The van der Waals surface area contributed by atoms with Gasteiger partial charge in [-0.05, 0) is 37.8 Å². The number of benzene rings is 1. The molecular formula is C18H20F2N4. The van der Waals surface area contributed by atoms with Crippen molar-refractivity contribution in [1.82, 2.24) is 9.97 Å². The Morgan fingerprint density at radius 2 is 1.62 bits per heavy atom. The molecule has 126 valence electrons. The first kappa shape index (κ1) is 15.3. The Hall–Kier alpha value is -2.24. The largest absolute Gasteiger partial charge is 0.366 e. The predicted molar refractivity (Wildman–Crippen MR) is 89.5 cm³/mol. The van der Waals surface area contributed by atoms with Crippen LogP contribution < -0.4 is 9.80 Å². The van der Waals surface area contributed by atoms with Gasteiger partial charge in [0.2, 0.25) is 0 Å². The summed E-state index contributed by atoms with van der Waals surface area (Å²) in [5, 5.41) is 0. The number of anilines is 2. The van der Waals surface area contributed by atoms with Crippen LogP contribution in [0.5, 0.6) is 0 Å². The van der Waals surface area contributed by atoms with Gasteiger partial charge in [0.1, 0.15) is 23.8 Å². The van der Waals surface area contributed by atoms with Crippen molar-refractivity contribution in [2.45, 2.75) is 25.7 Å². The molecule has 0 amide bonds. The molecule has 6 heteroatoms. The fourth-order valence-corrected chi connectivity index (χ4v) is 3.66. The lowest BCUT2D eigenvalue weighted by Crippen LogP contribution is -2.47. The average molecular weight is 330 g/mol. The van der Waals surface area contributed by atoms with E-state index in [1.54, 1.807) is 6.33 Å². The molecule has 1 aromatic carbocycles. The van der Waals surface area contributed by atoms with E-state index in [0.29, 0.717) is 18.8 Å². The van der Waals surface area contributed by atoms with Gasteiger partial charge in [0.05, 0.1) is 5.69 Å². The van der Waals surface area contributed by atoms with Crippen LogP contribution in [-0.2, 0) is 12.8 Å². The van der Waals surface area contributed by atoms with Gasteiger partial charge in [-0.15, -0.1) is 0 Å². The van der Waals surface area contributed by atoms with E-state index in [4.69, 9.17) is 0 Å². The maximum atomic E-state index is 14.0. The molecule has 2 aliphatic rings. The maximum absolute atomic E-state index is 14.0. The Bertz CT molecular complexity index is 742. The minimum Gasteiger partial charge on any atom is -0.366 e. The molecule has 4 rings (SSSR count). The van der Waals surface area contributed by atoms with Crippen LogP contribution in [0.3, 0.4) is 0 Å². The van der Waals surface area contributed by atoms with Gasteiger partial charge >= 0.3 is 0 Å². The summed E-state index contributed by atoms with van der Waals surface area (Å²) in [7, 11) is 0. The van der Waals surface area contributed by atoms with Crippen molar-refractivity contribution in [2.75, 3.05) is 36.0 Å². The van der Waals surface area contributed by atoms with Crippen molar-refractivity contribution in [3.8, 4) is 0 Å². The molecule has 1 saturated heterocycles. The Balaban J connectivity index is 1.52. The van der Waals surface area contributed by atoms with Gasteiger partial charge in [0, 0.05) is 43.5 Å². The molecule has 1 aromatic heterocycles. The highest BCUT2D eigenvalue weighted by Crippen LogP contribution is 2.29. The molecule has 1 fully saturated rings. The molecule has 2 heterocycles. The predicted octanol–water partition coefficient (Wildman–Crippen LogP) is 2.96. The normalized spacial score (nSPS) is 17.8. The summed E-state index contributed by atoms with van der Waals surface area (Å²) in [5.74, 6) is 0.252. The standard InChI is InChI=1S/C18H20F2N4/c19-13-5-6-15(20)17(11-13)23-7-9-24(10-8-23)18-14-3-1-2-4-16(14)21-12-22-18/h5-6,11-12H,1-4,7-10H2. The molecule has 0 spiro atoms. The topological polar surface area (TPSA) is 32.3 Å². The van der Waals surface area contributed by atoms with E-state index in [-0.39, 0.29) is 5.82 Å². The number of aryl methyl sites for hydroxylation is 1. The summed E-state index contributed by atoms with van der Waals surface area (Å²) in [6.45, 7) is 2.80. The smallest absolute Gasteiger partial charge is 0.146 e. The van der Waals surface area contributed by atoms with Crippen LogP contribution in [0.4, 0.5) is 20.3 Å². The number of hydrogen-bond donors (Lipinski definition) is 0. The SMILES string of the molecule is Fc1ccc(F)c(N2CCN(c3ncnc4c3CCCC4)CC2)c1. The van der Waals surface area contributed by atoms with Gasteiger partial charge in [-0.25, -0.2) is 18.7 Å². The monoisotopic (exact) mass is 330 g/mol. The first-order valence-electron chi connectivity index (χ1n) is 8.50. The zero-order chi connectivity index (χ0) is 16.5. The van der Waals surface area contributed by atoms with Gasteiger partial charge in [-0.2, -0.15) is 0 Å². The van der Waals surface area contributed by atoms with E-state index >= 15 is 0 Å². The van der Waals surface area contributed by atoms with Crippen LogP contribution in [0.25, 0.3) is 0 Å². The molecule has 0 N–H and O–H groups in total. The molecule has 1 aliphatic carbocycles. The van der Waals surface area contributed by atoms with Crippen LogP contribution in [0, 0.1) is 11.6 Å². The van der Waals surface area contributed by atoms with Crippen molar-refractivity contribution < 1.29 is 8.78 Å². The molecule has 0 saturated carbocycles. The summed E-state index contributed by atoms with van der Waals surface area (Å²) in [5.41, 5.74) is 2.79. The number of piperazine rings is 1. The first-order chi connectivity index (χ1) is 11.7. The Morgan fingerprint density at radius 3 is 2.46 bits per heavy atom. The Labute approximate surface area is 140 Å². The van der Waals surface area contributed by atoms with Crippen LogP contribution in [0.15, 0.2) is 24.5 Å². The van der Waals surface area contributed by atoms with Crippen molar-refractivity contribution in [3.63, 3.8) is 0 Å². The van der Waals surface area contributed by atoms with Crippen LogP contribution in [0.1, 0.15) is 24.1 Å². The fourth-order valence-electron chi connectivity index (χ4n) is 3.66. The number of rotatable bonds is 2. The second-order valence-electron chi connectivity index (χ2n) is 6.40. The fraction of sp³-hybridized carbons (Fsp3) is 0.444. The molecule has 24 heavy (non-hydrogen) atoms. The van der Waals surface area contributed by atoms with E-state index < -0.39 is 5.82 Å². The molecule has 4 nitrogen and oxygen atoms in total. The van der Waals surface area contributed by atoms with E-state index in [0.717, 1.165) is 37.8 Å². The molecule has 2 aromatic rings. The highest BCUT2D eigenvalue weighted by molar-refractivity contribution is 5.53. The van der Waals surface area contributed by atoms with E-state index in [9.17, 15) is 8.78 Å². The minimum atomic E-state index is -0.404. The molecule has 0 radical (unpaired) electrons. The van der Waals surface area contributed by atoms with Crippen molar-refractivity contribution in [2.24, 2.45) is 0 Å². The molecular weight excluding hydrogens is 310 g/mol. The zero-order valence-electron chi connectivity index (χ0n) is 13.5. The van der Waals surface area contributed by atoms with Gasteiger partial charge in [-0.3, -0.25) is 0 Å². The molecule has 0 bridgehead atoms. The second-order valence-corrected chi connectivity index (χ2v) is 6.40. The second kappa shape index (κ2) is 6.34. The summed E-state index contributed by atoms with van der Waals surface area (Å²) >= 11 is 0. The first-order valence-corrected chi connectivity index (χ1v) is 8.50. The van der Waals surface area contributed by atoms with Gasteiger partial charge in [0.15, 0.2) is 0 Å². The third-order valence-electron chi connectivity index (χ3n) is 4.93. The molecule has 1 aliphatic heterocycles. The van der Waals surface area contributed by atoms with Crippen LogP contribution in [-0.4, -0.2) is 36.1 Å². The summed E-state index contributed by atoms with van der Waals surface area (Å²) < 4.78 is 27.4. The summed E-state index contributed by atoms with van der Waals surface area (Å²) in [6, 6.07) is 3.62. The Kier molecular flexibility index (Phi) is 4.04. The van der Waals surface area contributed by atoms with Crippen molar-refractivity contribution in [1.29, 1.82) is 0 Å². The lowest BCUT2D eigenvalue weighted by atomic mass is 9.96. The summed E-state index contributed by atoms with van der Waals surface area (Å²) in [6.07, 6.45) is 6.08. The minimum absolute atomic E-state index is 0.347. The van der Waals surface area contributed by atoms with Crippen molar-refractivity contribution in [3.05, 3.63) is 47.4 Å². The lowest BCUT2D eigenvalue weighted by Gasteiger charge is -2.38. The van der Waals surface area contributed by atoms with Crippen molar-refractivity contribution >= 4 is 11.5 Å². The number of aromatic nitrogens is 2. The number of fused-ring (bicyclic) bond motifs is 1. The van der Waals surface area contributed by atoms with E-state index in [1.165, 1.54) is 36.2 Å².